The van der Waals surface area contributed by atoms with E-state index in [1.807, 2.05) is 12.1 Å². The van der Waals surface area contributed by atoms with Crippen LogP contribution in [0.5, 0.6) is 0 Å². The Hall–Kier alpha value is -4.45. The topological polar surface area (TPSA) is 77.0 Å². The summed E-state index contributed by atoms with van der Waals surface area (Å²) >= 11 is 0. The van der Waals surface area contributed by atoms with Gasteiger partial charge in [-0.2, -0.15) is 0 Å². The molecular weight excluding hydrogens is 464 g/mol. The van der Waals surface area contributed by atoms with E-state index in [4.69, 9.17) is 9.57 Å². The molecule has 1 unspecified atom stereocenters. The van der Waals surface area contributed by atoms with Gasteiger partial charge in [0.25, 0.3) is 0 Å². The third-order valence-corrected chi connectivity index (χ3v) is 6.22. The van der Waals surface area contributed by atoms with E-state index in [1.165, 1.54) is 16.2 Å². The molecule has 0 aliphatic rings. The molecule has 0 aliphatic carbocycles. The van der Waals surface area contributed by atoms with E-state index in [1.54, 1.807) is 52.0 Å². The maximum Gasteiger partial charge on any atom is 0.408 e. The maximum atomic E-state index is 13.1. The molecule has 1 N–H and O–H groups in total. The van der Waals surface area contributed by atoms with Crippen molar-refractivity contribution in [1.29, 1.82) is 0 Å². The van der Waals surface area contributed by atoms with Crippen LogP contribution in [0.4, 0.5) is 4.79 Å². The highest BCUT2D eigenvalue weighted by atomic mass is 16.7. The number of carbonyl (C=O) groups excluding carboxylic acids is 2. The number of rotatable bonds is 5. The molecule has 5 aromatic carbocycles. The summed E-state index contributed by atoms with van der Waals surface area (Å²) in [7, 11) is 0. The van der Waals surface area contributed by atoms with Crippen molar-refractivity contribution in [2.45, 2.75) is 39.3 Å². The van der Waals surface area contributed by atoms with Crippen LogP contribution in [0, 0.1) is 0 Å². The van der Waals surface area contributed by atoms with E-state index in [9.17, 15) is 9.59 Å². The van der Waals surface area contributed by atoms with E-state index in [-0.39, 0.29) is 0 Å². The molecule has 0 radical (unpaired) electrons. The quantitative estimate of drug-likeness (QED) is 0.123. The minimum absolute atomic E-state index is 0.551. The van der Waals surface area contributed by atoms with E-state index >= 15 is 0 Å². The zero-order valence-corrected chi connectivity index (χ0v) is 21.2. The van der Waals surface area contributed by atoms with Crippen LogP contribution in [-0.2, 0) is 14.4 Å². The third kappa shape index (κ3) is 4.96. The smallest absolute Gasteiger partial charge is 0.408 e. The van der Waals surface area contributed by atoms with E-state index < -0.39 is 23.7 Å². The van der Waals surface area contributed by atoms with Crippen LogP contribution in [0.15, 0.2) is 90.1 Å². The van der Waals surface area contributed by atoms with Gasteiger partial charge in [-0.15, -0.1) is 0 Å². The molecular formula is C31H28N2O4. The van der Waals surface area contributed by atoms with Crippen LogP contribution < -0.4 is 5.32 Å². The summed E-state index contributed by atoms with van der Waals surface area (Å²) in [5.74, 6) is -0.714. The largest absolute Gasteiger partial charge is 0.444 e. The molecule has 0 fully saturated rings. The van der Waals surface area contributed by atoms with Crippen molar-refractivity contribution in [3.63, 3.8) is 0 Å². The van der Waals surface area contributed by atoms with E-state index in [2.05, 4.69) is 59.0 Å². The van der Waals surface area contributed by atoms with Gasteiger partial charge in [0.1, 0.15) is 5.60 Å². The monoisotopic (exact) mass is 492 g/mol. The fourth-order valence-electron chi connectivity index (χ4n) is 4.62. The van der Waals surface area contributed by atoms with Gasteiger partial charge in [-0.3, -0.25) is 0 Å². The van der Waals surface area contributed by atoms with Gasteiger partial charge < -0.3 is 14.9 Å². The molecule has 0 heterocycles. The van der Waals surface area contributed by atoms with Gasteiger partial charge in [0.15, 0.2) is 6.04 Å². The van der Waals surface area contributed by atoms with E-state index in [0.29, 0.717) is 11.3 Å². The van der Waals surface area contributed by atoms with Gasteiger partial charge in [-0.1, -0.05) is 90.1 Å². The van der Waals surface area contributed by atoms with Crippen LogP contribution in [0.1, 0.15) is 44.9 Å². The number of ether oxygens (including phenoxy) is 1. The van der Waals surface area contributed by atoms with Crippen molar-refractivity contribution >= 4 is 50.1 Å². The van der Waals surface area contributed by atoms with Gasteiger partial charge >= 0.3 is 12.1 Å². The summed E-state index contributed by atoms with van der Waals surface area (Å²) in [5.41, 5.74) is 1.28. The molecule has 1 amide bonds. The predicted octanol–water partition coefficient (Wildman–Crippen LogP) is 7.12. The molecule has 0 aromatic heterocycles. The lowest BCUT2D eigenvalue weighted by molar-refractivity contribution is -0.146. The number of hydrogen-bond donors (Lipinski definition) is 1. The first-order chi connectivity index (χ1) is 17.7. The second-order valence-corrected chi connectivity index (χ2v) is 10.0. The average Bonchev–Trinajstić information content (AvgIpc) is 2.88. The van der Waals surface area contributed by atoms with Crippen molar-refractivity contribution in [1.82, 2.24) is 5.32 Å². The number of benzene rings is 5. The van der Waals surface area contributed by atoms with Crippen molar-refractivity contribution in [2.75, 3.05) is 0 Å². The zero-order valence-electron chi connectivity index (χ0n) is 21.2. The maximum absolute atomic E-state index is 13.1. The first-order valence-electron chi connectivity index (χ1n) is 12.2. The molecule has 1 atom stereocenters. The van der Waals surface area contributed by atoms with E-state index in [0.717, 1.165) is 21.7 Å². The summed E-state index contributed by atoms with van der Waals surface area (Å²) in [6, 6.07) is 26.5. The van der Waals surface area contributed by atoms with Crippen LogP contribution in [0.2, 0.25) is 0 Å². The SMILES string of the molecule is C/C(=N\OC(=O)C(NC(=O)OC(C)(C)C)c1ccccc1)c1ccc2ccc3cccc4ccc1c2c34. The Morgan fingerprint density at radius 2 is 1.41 bits per heavy atom. The summed E-state index contributed by atoms with van der Waals surface area (Å²) in [4.78, 5) is 30.9. The molecule has 0 aliphatic heterocycles. The Labute approximate surface area is 215 Å². The van der Waals surface area contributed by atoms with Gasteiger partial charge in [-0.25, -0.2) is 9.59 Å². The second kappa shape index (κ2) is 9.54. The zero-order chi connectivity index (χ0) is 26.2. The average molecular weight is 493 g/mol. The molecule has 37 heavy (non-hydrogen) atoms. The molecule has 186 valence electrons. The van der Waals surface area contributed by atoms with Gasteiger partial charge in [-0.05, 0) is 65.6 Å². The Morgan fingerprint density at radius 1 is 0.784 bits per heavy atom. The van der Waals surface area contributed by atoms with Crippen molar-refractivity contribution in [3.8, 4) is 0 Å². The molecule has 5 aromatic rings. The van der Waals surface area contributed by atoms with Crippen molar-refractivity contribution < 1.29 is 19.2 Å². The summed E-state index contributed by atoms with van der Waals surface area (Å²) in [6.45, 7) is 7.07. The number of nitrogens with zero attached hydrogens (tertiary/aromatic N) is 1. The second-order valence-electron chi connectivity index (χ2n) is 10.0. The van der Waals surface area contributed by atoms with Crippen molar-refractivity contribution in [3.05, 3.63) is 96.1 Å². The number of oxime groups is 1. The van der Waals surface area contributed by atoms with Gasteiger partial charge in [0.05, 0.1) is 5.71 Å². The normalized spacial score (nSPS) is 13.1. The molecule has 0 saturated carbocycles. The molecule has 0 spiro atoms. The number of carbonyl (C=O) groups is 2. The first kappa shape index (κ1) is 24.3. The fourth-order valence-corrected chi connectivity index (χ4v) is 4.62. The van der Waals surface area contributed by atoms with Crippen LogP contribution >= 0.6 is 0 Å². The summed E-state index contributed by atoms with van der Waals surface area (Å²) < 4.78 is 5.35. The lowest BCUT2D eigenvalue weighted by Crippen LogP contribution is -2.38. The van der Waals surface area contributed by atoms with Gasteiger partial charge in [0.2, 0.25) is 0 Å². The molecule has 5 rings (SSSR count). The molecule has 6 nitrogen and oxygen atoms in total. The third-order valence-electron chi connectivity index (χ3n) is 6.22. The molecule has 0 saturated heterocycles. The highest BCUT2D eigenvalue weighted by Gasteiger charge is 2.27. The van der Waals surface area contributed by atoms with Crippen LogP contribution in [0.25, 0.3) is 32.3 Å². The minimum atomic E-state index is -1.08. The van der Waals surface area contributed by atoms with Crippen LogP contribution in [0.3, 0.4) is 0 Å². The lowest BCUT2D eigenvalue weighted by atomic mass is 9.91. The summed E-state index contributed by atoms with van der Waals surface area (Å²) in [5, 5.41) is 13.7. The Bertz CT molecular complexity index is 1620. The number of amides is 1. The lowest BCUT2D eigenvalue weighted by Gasteiger charge is -2.22. The Balaban J connectivity index is 1.46. The Morgan fingerprint density at radius 3 is 2.08 bits per heavy atom. The number of alkyl carbamates (subject to hydrolysis) is 1. The molecule has 0 bridgehead atoms. The van der Waals surface area contributed by atoms with Gasteiger partial charge in [0, 0.05) is 5.56 Å². The highest BCUT2D eigenvalue weighted by Crippen LogP contribution is 2.36. The minimum Gasteiger partial charge on any atom is -0.444 e. The first-order valence-corrected chi connectivity index (χ1v) is 12.2. The standard InChI is InChI=1S/C31H28N2O4/c1-19(24-17-15-22-14-13-20-11-8-12-21-16-18-25(24)27(22)26(20)21)33-37-29(34)28(23-9-6-5-7-10-23)32-30(35)36-31(2,3)4/h5-18,28H,1-4H3,(H,32,35)/b33-19+. The fraction of sp³-hybridized carbons (Fsp3) is 0.194. The highest BCUT2D eigenvalue weighted by molar-refractivity contribution is 6.26. The summed E-state index contributed by atoms with van der Waals surface area (Å²) in [6.07, 6.45) is -0.717. The number of nitrogens with one attached hydrogen (secondary N) is 1. The van der Waals surface area contributed by atoms with Crippen LogP contribution in [-0.4, -0.2) is 23.4 Å². The molecule has 6 heteroatoms. The predicted molar refractivity (Wildman–Crippen MR) is 147 cm³/mol. The Kier molecular flexibility index (Phi) is 6.25. The van der Waals surface area contributed by atoms with Crippen molar-refractivity contribution in [2.24, 2.45) is 5.16 Å². The number of hydrogen-bond acceptors (Lipinski definition) is 5.